The summed E-state index contributed by atoms with van der Waals surface area (Å²) in [6.07, 6.45) is 0. The van der Waals surface area contributed by atoms with Gasteiger partial charge in [0.15, 0.2) is 0 Å². The molecule has 0 fully saturated rings. The summed E-state index contributed by atoms with van der Waals surface area (Å²) in [6.45, 7) is 5.90. The van der Waals surface area contributed by atoms with E-state index in [9.17, 15) is 9.59 Å². The van der Waals surface area contributed by atoms with Gasteiger partial charge in [-0.05, 0) is 50.6 Å². The molecule has 0 radical (unpaired) electrons. The van der Waals surface area contributed by atoms with Gasteiger partial charge < -0.3 is 10.6 Å². The van der Waals surface area contributed by atoms with Crippen LogP contribution in [0.1, 0.15) is 44.2 Å². The number of hydrogen-bond acceptors (Lipinski definition) is 3. The molecule has 3 aromatic carbocycles. The molecule has 170 valence electrons. The third kappa shape index (κ3) is 3.88. The van der Waals surface area contributed by atoms with Crippen LogP contribution in [-0.4, -0.2) is 27.6 Å². The van der Waals surface area contributed by atoms with Gasteiger partial charge in [0.2, 0.25) is 5.91 Å². The Kier molecular flexibility index (Phi) is 5.49. The van der Waals surface area contributed by atoms with E-state index in [1.165, 1.54) is 0 Å². The fourth-order valence-corrected chi connectivity index (χ4v) is 4.68. The largest absolute Gasteiger partial charge is 0.339 e. The maximum Gasteiger partial charge on any atom is 0.251 e. The number of carbonyl (C=O) groups excluding carboxylic acids is 2. The van der Waals surface area contributed by atoms with Gasteiger partial charge in [-0.2, -0.15) is 5.10 Å². The minimum Gasteiger partial charge on any atom is -0.339 e. The topological polar surface area (TPSA) is 76.0 Å². The molecule has 2 amide bonds. The highest BCUT2D eigenvalue weighted by Gasteiger charge is 2.41. The van der Waals surface area contributed by atoms with Gasteiger partial charge in [0.05, 0.1) is 11.4 Å². The van der Waals surface area contributed by atoms with Crippen molar-refractivity contribution in [1.29, 1.82) is 0 Å². The van der Waals surface area contributed by atoms with E-state index in [1.54, 1.807) is 10.7 Å². The van der Waals surface area contributed by atoms with Crippen molar-refractivity contribution in [3.63, 3.8) is 0 Å². The molecule has 0 bridgehead atoms. The third-order valence-corrected chi connectivity index (χ3v) is 6.24. The highest BCUT2D eigenvalue weighted by Crippen LogP contribution is 2.40. The van der Waals surface area contributed by atoms with E-state index >= 15 is 0 Å². The van der Waals surface area contributed by atoms with Gasteiger partial charge in [0.1, 0.15) is 11.9 Å². The molecule has 6 nitrogen and oxygen atoms in total. The maximum absolute atomic E-state index is 13.5. The van der Waals surface area contributed by atoms with Crippen molar-refractivity contribution >= 4 is 17.6 Å². The van der Waals surface area contributed by atoms with Gasteiger partial charge in [-0.1, -0.05) is 65.7 Å². The summed E-state index contributed by atoms with van der Waals surface area (Å²) in [5.41, 5.74) is 6.13. The van der Waals surface area contributed by atoms with E-state index in [0.717, 1.165) is 33.6 Å². The third-order valence-electron chi connectivity index (χ3n) is 6.24. The first-order valence-electron chi connectivity index (χ1n) is 11.3. The Hall–Kier alpha value is -4.19. The van der Waals surface area contributed by atoms with Crippen molar-refractivity contribution < 1.29 is 9.59 Å². The number of nitrogens with one attached hydrogen (secondary N) is 2. The fourth-order valence-electron chi connectivity index (χ4n) is 4.68. The second-order valence-electron chi connectivity index (χ2n) is 8.80. The van der Waals surface area contributed by atoms with Gasteiger partial charge in [-0.25, -0.2) is 4.68 Å². The predicted octanol–water partition coefficient (Wildman–Crippen LogP) is 4.68. The molecule has 0 saturated carbocycles. The minimum absolute atomic E-state index is 0.267. The molecule has 0 aliphatic carbocycles. The van der Waals surface area contributed by atoms with E-state index in [0.29, 0.717) is 11.4 Å². The molecule has 1 aliphatic heterocycles. The number of aromatic nitrogens is 2. The second kappa shape index (κ2) is 8.63. The van der Waals surface area contributed by atoms with Crippen LogP contribution in [0, 0.1) is 20.8 Å². The first kappa shape index (κ1) is 21.6. The highest BCUT2D eigenvalue weighted by molar-refractivity contribution is 6.04. The first-order chi connectivity index (χ1) is 16.4. The number of carbonyl (C=O) groups is 2. The zero-order valence-electron chi connectivity index (χ0n) is 19.4. The molecule has 2 N–H and O–H groups in total. The molecule has 1 aromatic heterocycles. The van der Waals surface area contributed by atoms with Crippen molar-refractivity contribution in [3.05, 3.63) is 112 Å². The Morgan fingerprint density at radius 3 is 2.32 bits per heavy atom. The Morgan fingerprint density at radius 1 is 0.912 bits per heavy atom. The molecule has 0 unspecified atom stereocenters. The van der Waals surface area contributed by atoms with Crippen molar-refractivity contribution in [1.82, 2.24) is 15.1 Å². The van der Waals surface area contributed by atoms with E-state index in [1.807, 2.05) is 87.5 Å². The van der Waals surface area contributed by atoms with Crippen LogP contribution in [0.3, 0.4) is 0 Å². The number of aryl methyl sites for hydroxylation is 3. The van der Waals surface area contributed by atoms with Crippen LogP contribution in [0.15, 0.2) is 78.9 Å². The lowest BCUT2D eigenvalue weighted by molar-refractivity contribution is -0.118. The maximum atomic E-state index is 13.5. The molecule has 1 aliphatic rings. The summed E-state index contributed by atoms with van der Waals surface area (Å²) in [5.74, 6) is -0.286. The SMILES string of the molecule is Cc1cccc(C(=O)N[C@@H]2C(=O)Nc3c(c(C)nn3-c3ccccc3)[C@H]2c2cccc(C)c2)c1. The van der Waals surface area contributed by atoms with Crippen LogP contribution < -0.4 is 10.6 Å². The quantitative estimate of drug-likeness (QED) is 0.474. The zero-order chi connectivity index (χ0) is 23.8. The lowest BCUT2D eigenvalue weighted by Crippen LogP contribution is -2.50. The summed E-state index contributed by atoms with van der Waals surface area (Å²) >= 11 is 0. The number of amides is 2. The van der Waals surface area contributed by atoms with Crippen LogP contribution >= 0.6 is 0 Å². The molecule has 5 rings (SSSR count). The standard InChI is InChI=1S/C28H26N4O2/c1-17-9-7-11-20(15-17)24-23-19(3)31-32(22-13-5-4-6-14-22)26(23)30-28(34)25(24)29-27(33)21-12-8-10-18(2)16-21/h4-16,24-25H,1-3H3,(H,29,33)(H,30,34)/t24-,25+/m1/s1. The number of hydrogen-bond donors (Lipinski definition) is 2. The summed E-state index contributed by atoms with van der Waals surface area (Å²) in [7, 11) is 0. The lowest BCUT2D eigenvalue weighted by atomic mass is 9.81. The molecule has 34 heavy (non-hydrogen) atoms. The van der Waals surface area contributed by atoms with Crippen LogP contribution in [0.25, 0.3) is 5.69 Å². The molecular formula is C28H26N4O2. The van der Waals surface area contributed by atoms with Crippen LogP contribution in [0.4, 0.5) is 5.82 Å². The number of fused-ring (bicyclic) bond motifs is 1. The summed E-state index contributed by atoms with van der Waals surface area (Å²) in [4.78, 5) is 26.7. The van der Waals surface area contributed by atoms with Crippen LogP contribution in [0.5, 0.6) is 0 Å². The number of rotatable bonds is 4. The summed E-state index contributed by atoms with van der Waals surface area (Å²) in [5, 5.41) is 10.8. The summed E-state index contributed by atoms with van der Waals surface area (Å²) in [6, 6.07) is 24.4. The Bertz CT molecular complexity index is 1390. The van der Waals surface area contributed by atoms with E-state index in [-0.39, 0.29) is 17.7 Å². The summed E-state index contributed by atoms with van der Waals surface area (Å²) < 4.78 is 1.77. The molecule has 2 atom stereocenters. The first-order valence-corrected chi connectivity index (χ1v) is 11.3. The van der Waals surface area contributed by atoms with Crippen molar-refractivity contribution in [2.45, 2.75) is 32.7 Å². The average Bonchev–Trinajstić information content (AvgIpc) is 3.15. The molecule has 0 saturated heterocycles. The van der Waals surface area contributed by atoms with Gasteiger partial charge in [-0.15, -0.1) is 0 Å². The molecular weight excluding hydrogens is 424 g/mol. The van der Waals surface area contributed by atoms with Gasteiger partial charge >= 0.3 is 0 Å². The monoisotopic (exact) mass is 450 g/mol. The average molecular weight is 451 g/mol. The van der Waals surface area contributed by atoms with Gasteiger partial charge in [-0.3, -0.25) is 9.59 Å². The van der Waals surface area contributed by atoms with Crippen LogP contribution in [0.2, 0.25) is 0 Å². The highest BCUT2D eigenvalue weighted by atomic mass is 16.2. The fraction of sp³-hybridized carbons (Fsp3) is 0.179. The Balaban J connectivity index is 1.63. The molecule has 6 heteroatoms. The van der Waals surface area contributed by atoms with Gasteiger partial charge in [0, 0.05) is 17.0 Å². The predicted molar refractivity (Wildman–Crippen MR) is 132 cm³/mol. The number of anilines is 1. The number of nitrogens with zero attached hydrogens (tertiary/aromatic N) is 2. The zero-order valence-corrected chi connectivity index (χ0v) is 19.4. The van der Waals surface area contributed by atoms with Crippen LogP contribution in [-0.2, 0) is 4.79 Å². The minimum atomic E-state index is -0.783. The van der Waals surface area contributed by atoms with Crippen molar-refractivity contribution in [3.8, 4) is 5.69 Å². The van der Waals surface area contributed by atoms with Crippen molar-refractivity contribution in [2.24, 2.45) is 0 Å². The van der Waals surface area contributed by atoms with E-state index in [4.69, 9.17) is 5.10 Å². The lowest BCUT2D eigenvalue weighted by Gasteiger charge is -2.33. The Labute approximate surface area is 198 Å². The Morgan fingerprint density at radius 2 is 1.62 bits per heavy atom. The van der Waals surface area contributed by atoms with E-state index in [2.05, 4.69) is 16.7 Å². The van der Waals surface area contributed by atoms with Crippen molar-refractivity contribution in [2.75, 3.05) is 5.32 Å². The van der Waals surface area contributed by atoms with Gasteiger partial charge in [0.25, 0.3) is 5.91 Å². The number of benzene rings is 3. The normalized spacial score (nSPS) is 17.1. The second-order valence-corrected chi connectivity index (χ2v) is 8.80. The molecule has 2 heterocycles. The molecule has 4 aromatic rings. The smallest absolute Gasteiger partial charge is 0.251 e. The molecule has 0 spiro atoms. The van der Waals surface area contributed by atoms with E-state index < -0.39 is 6.04 Å². The number of para-hydroxylation sites is 1.